The molecule has 0 saturated carbocycles. The van der Waals surface area contributed by atoms with Gasteiger partial charge in [0.25, 0.3) is 5.91 Å². The summed E-state index contributed by atoms with van der Waals surface area (Å²) < 4.78 is 20.3. The minimum Gasteiger partial charge on any atom is -0.487 e. The smallest absolute Gasteiger partial charge is 0.323 e. The number of fused-ring (bicyclic) bond motifs is 1. The molecule has 1 atom stereocenters. The number of nitrogens with zero attached hydrogens (tertiary/aromatic N) is 1. The molecule has 1 aliphatic rings. The molecule has 170 valence electrons. The maximum atomic E-state index is 14.2. The van der Waals surface area contributed by atoms with Crippen molar-refractivity contribution in [2.75, 3.05) is 6.54 Å². The molecule has 1 heterocycles. The Labute approximate surface area is 192 Å². The van der Waals surface area contributed by atoms with Crippen molar-refractivity contribution in [3.8, 4) is 5.75 Å². The molecule has 0 aliphatic carbocycles. The maximum Gasteiger partial charge on any atom is 0.323 e. The van der Waals surface area contributed by atoms with E-state index in [1.807, 2.05) is 38.1 Å². The zero-order valence-corrected chi connectivity index (χ0v) is 18.7. The summed E-state index contributed by atoms with van der Waals surface area (Å²) in [6, 6.07) is 19.4. The number of rotatable bonds is 7. The summed E-state index contributed by atoms with van der Waals surface area (Å²) in [5.41, 5.74) is 3.15. The third kappa shape index (κ3) is 5.22. The lowest BCUT2D eigenvalue weighted by Crippen LogP contribution is -2.35. The molecule has 1 amide bonds. The average molecular weight is 448 g/mol. The second-order valence-corrected chi connectivity index (χ2v) is 8.86. The number of benzene rings is 3. The topological polar surface area (TPSA) is 66.8 Å². The van der Waals surface area contributed by atoms with E-state index in [-0.39, 0.29) is 18.3 Å². The highest BCUT2D eigenvalue weighted by Crippen LogP contribution is 2.38. The number of carbonyl (C=O) groups is 2. The van der Waals surface area contributed by atoms with Crippen LogP contribution < -0.4 is 4.74 Å². The van der Waals surface area contributed by atoms with Crippen LogP contribution in [-0.4, -0.2) is 34.0 Å². The van der Waals surface area contributed by atoms with E-state index < -0.39 is 18.1 Å². The predicted molar refractivity (Wildman–Crippen MR) is 123 cm³/mol. The minimum atomic E-state index is -1.07. The van der Waals surface area contributed by atoms with Crippen molar-refractivity contribution in [3.63, 3.8) is 0 Å². The fraction of sp³-hybridized carbons (Fsp3) is 0.259. The largest absolute Gasteiger partial charge is 0.487 e. The number of carboxylic acids is 1. The highest BCUT2D eigenvalue weighted by molar-refractivity contribution is 5.96. The van der Waals surface area contributed by atoms with Gasteiger partial charge in [0.1, 0.15) is 23.7 Å². The number of aliphatic carboxylic acids is 1. The molecule has 0 spiro atoms. The van der Waals surface area contributed by atoms with E-state index in [1.165, 1.54) is 11.0 Å². The summed E-state index contributed by atoms with van der Waals surface area (Å²) in [5.74, 6) is -1.04. The average Bonchev–Trinajstić information content (AvgIpc) is 3.10. The lowest BCUT2D eigenvalue weighted by atomic mass is 9.91. The third-order valence-corrected chi connectivity index (χ3v) is 5.86. The van der Waals surface area contributed by atoms with Crippen LogP contribution in [-0.2, 0) is 24.2 Å². The number of ether oxygens (including phenoxy) is 1. The van der Waals surface area contributed by atoms with Gasteiger partial charge < -0.3 is 14.7 Å². The summed E-state index contributed by atoms with van der Waals surface area (Å²) >= 11 is 0. The van der Waals surface area contributed by atoms with Crippen molar-refractivity contribution in [2.24, 2.45) is 0 Å². The number of aryl methyl sites for hydroxylation is 1. The van der Waals surface area contributed by atoms with Gasteiger partial charge in [-0.3, -0.25) is 9.59 Å². The van der Waals surface area contributed by atoms with Crippen molar-refractivity contribution in [2.45, 2.75) is 38.8 Å². The first kappa shape index (κ1) is 22.5. The maximum absolute atomic E-state index is 14.2. The molecule has 33 heavy (non-hydrogen) atoms. The second kappa shape index (κ2) is 9.06. The molecule has 5 nitrogen and oxygen atoms in total. The lowest BCUT2D eigenvalue weighted by molar-refractivity contribution is -0.137. The molecule has 0 fully saturated rings. The van der Waals surface area contributed by atoms with E-state index in [1.54, 1.807) is 36.4 Å². The molecule has 0 aromatic heterocycles. The monoisotopic (exact) mass is 447 g/mol. The van der Waals surface area contributed by atoms with Crippen molar-refractivity contribution < 1.29 is 23.8 Å². The van der Waals surface area contributed by atoms with E-state index in [9.17, 15) is 19.1 Å². The zero-order valence-electron chi connectivity index (χ0n) is 18.7. The van der Waals surface area contributed by atoms with Gasteiger partial charge in [-0.15, -0.1) is 0 Å². The molecular weight excluding hydrogens is 421 g/mol. The third-order valence-electron chi connectivity index (χ3n) is 5.86. The van der Waals surface area contributed by atoms with Gasteiger partial charge in [0.2, 0.25) is 0 Å². The van der Waals surface area contributed by atoms with Crippen LogP contribution in [0.4, 0.5) is 4.39 Å². The second-order valence-electron chi connectivity index (χ2n) is 8.86. The van der Waals surface area contributed by atoms with Crippen molar-refractivity contribution in [1.29, 1.82) is 0 Å². The summed E-state index contributed by atoms with van der Waals surface area (Å²) in [6.45, 7) is 3.70. The van der Waals surface area contributed by atoms with Gasteiger partial charge in [0.15, 0.2) is 0 Å². The van der Waals surface area contributed by atoms with Crippen LogP contribution in [0.3, 0.4) is 0 Å². The Hall–Kier alpha value is -3.67. The summed E-state index contributed by atoms with van der Waals surface area (Å²) in [5, 5.41) is 9.34. The van der Waals surface area contributed by atoms with Crippen molar-refractivity contribution in [1.82, 2.24) is 4.90 Å². The van der Waals surface area contributed by atoms with Gasteiger partial charge in [-0.25, -0.2) is 4.39 Å². The molecule has 6 heteroatoms. The highest BCUT2D eigenvalue weighted by atomic mass is 19.1. The number of carbonyl (C=O) groups excluding carboxylic acids is 1. The SMILES string of the molecule is Cc1ccc(CN(CC(=O)O)C(=O)c2ccc3c(c2)C[C@](C)(Cc2ccccc2F)O3)cc1. The molecule has 3 aromatic rings. The van der Waals surface area contributed by atoms with Crippen molar-refractivity contribution in [3.05, 3.63) is 100 Å². The van der Waals surface area contributed by atoms with E-state index in [0.717, 1.165) is 16.7 Å². The van der Waals surface area contributed by atoms with Gasteiger partial charge in [-0.05, 0) is 54.8 Å². The number of hydrogen-bond donors (Lipinski definition) is 1. The highest BCUT2D eigenvalue weighted by Gasteiger charge is 2.36. The summed E-state index contributed by atoms with van der Waals surface area (Å²) in [6.07, 6.45) is 0.922. The molecule has 0 saturated heterocycles. The van der Waals surface area contributed by atoms with Crippen LogP contribution in [0.5, 0.6) is 5.75 Å². The van der Waals surface area contributed by atoms with Crippen LogP contribution in [0.15, 0.2) is 66.7 Å². The van der Waals surface area contributed by atoms with E-state index >= 15 is 0 Å². The van der Waals surface area contributed by atoms with E-state index in [2.05, 4.69) is 0 Å². The van der Waals surface area contributed by atoms with Crippen LogP contribution in [0.2, 0.25) is 0 Å². The standard InChI is InChI=1S/C27H26FNO4/c1-18-7-9-19(10-8-18)16-29(17-25(30)31)26(32)20-11-12-24-22(13-20)15-27(2,33-24)14-21-5-3-4-6-23(21)28/h3-13H,14-17H2,1-2H3,(H,30,31)/t27-/m0/s1. The molecule has 0 radical (unpaired) electrons. The Bertz CT molecular complexity index is 1190. The van der Waals surface area contributed by atoms with Crippen LogP contribution in [0, 0.1) is 12.7 Å². The molecule has 3 aromatic carbocycles. The lowest BCUT2D eigenvalue weighted by Gasteiger charge is -2.24. The van der Waals surface area contributed by atoms with Crippen LogP contribution in [0.25, 0.3) is 0 Å². The quantitative estimate of drug-likeness (QED) is 0.565. The van der Waals surface area contributed by atoms with Crippen molar-refractivity contribution >= 4 is 11.9 Å². The Morgan fingerprint density at radius 1 is 1.09 bits per heavy atom. The van der Waals surface area contributed by atoms with Gasteiger partial charge >= 0.3 is 5.97 Å². The fourth-order valence-corrected chi connectivity index (χ4v) is 4.26. The van der Waals surface area contributed by atoms with Crippen LogP contribution >= 0.6 is 0 Å². The molecule has 4 rings (SSSR count). The summed E-state index contributed by atoms with van der Waals surface area (Å²) in [7, 11) is 0. The Kier molecular flexibility index (Phi) is 6.18. The fourth-order valence-electron chi connectivity index (χ4n) is 4.26. The van der Waals surface area contributed by atoms with Gasteiger partial charge in [0, 0.05) is 24.9 Å². The van der Waals surface area contributed by atoms with Gasteiger partial charge in [0.05, 0.1) is 0 Å². The van der Waals surface area contributed by atoms with E-state index in [0.29, 0.717) is 29.7 Å². The first-order valence-corrected chi connectivity index (χ1v) is 10.8. The molecule has 1 aliphatic heterocycles. The Morgan fingerprint density at radius 2 is 1.82 bits per heavy atom. The first-order valence-electron chi connectivity index (χ1n) is 10.8. The minimum absolute atomic E-state index is 0.198. The van der Waals surface area contributed by atoms with E-state index in [4.69, 9.17) is 4.74 Å². The molecule has 0 bridgehead atoms. The molecule has 0 unspecified atom stereocenters. The number of hydrogen-bond acceptors (Lipinski definition) is 3. The predicted octanol–water partition coefficient (Wildman–Crippen LogP) is 4.80. The molecule has 1 N–H and O–H groups in total. The Balaban J connectivity index is 1.53. The van der Waals surface area contributed by atoms with Gasteiger partial charge in [-0.2, -0.15) is 0 Å². The van der Waals surface area contributed by atoms with Crippen LogP contribution in [0.1, 0.15) is 39.5 Å². The van der Waals surface area contributed by atoms with Gasteiger partial charge in [-0.1, -0.05) is 48.0 Å². The number of carboxylic acid groups (broad SMARTS) is 1. The first-order chi connectivity index (χ1) is 15.7. The number of amides is 1. The normalized spacial score (nSPS) is 16.7. The summed E-state index contributed by atoms with van der Waals surface area (Å²) in [4.78, 5) is 26.0. The molecular formula is C27H26FNO4. The zero-order chi connectivity index (χ0) is 23.6. The Morgan fingerprint density at radius 3 is 2.52 bits per heavy atom. The number of halogens is 1.